The third kappa shape index (κ3) is 2.25. The molecular weight excluding hydrogens is 232 g/mol. The zero-order chi connectivity index (χ0) is 12.9. The van der Waals surface area contributed by atoms with Crippen molar-refractivity contribution >= 4 is 0 Å². The minimum atomic E-state index is 0.680. The Hall–Kier alpha value is -0.0800. The molecule has 108 valence electrons. The van der Waals surface area contributed by atoms with Crippen molar-refractivity contribution in [3.05, 3.63) is 0 Å². The van der Waals surface area contributed by atoms with Crippen molar-refractivity contribution in [2.45, 2.75) is 70.4 Å². The van der Waals surface area contributed by atoms with Gasteiger partial charge in [0.25, 0.3) is 0 Å². The third-order valence-corrected chi connectivity index (χ3v) is 6.83. The van der Waals surface area contributed by atoms with Gasteiger partial charge >= 0.3 is 0 Å². The van der Waals surface area contributed by atoms with Crippen LogP contribution in [0.3, 0.4) is 0 Å². The standard InChI is InChI=1S/C17H30N2/c1-12(19-16-2-4-18-5-3-16)17-9-13-6-14(10-17)8-15(7-13)11-17/h12-16,18-19H,2-11H2,1H3. The van der Waals surface area contributed by atoms with Crippen molar-refractivity contribution in [1.29, 1.82) is 0 Å². The minimum Gasteiger partial charge on any atom is -0.317 e. The Kier molecular flexibility index (Phi) is 3.15. The van der Waals surface area contributed by atoms with Gasteiger partial charge in [-0.25, -0.2) is 0 Å². The first-order valence-electron chi connectivity index (χ1n) is 8.70. The monoisotopic (exact) mass is 262 g/mol. The average molecular weight is 262 g/mol. The lowest BCUT2D eigenvalue weighted by Gasteiger charge is -2.59. The van der Waals surface area contributed by atoms with Crippen LogP contribution in [0.15, 0.2) is 0 Å². The lowest BCUT2D eigenvalue weighted by atomic mass is 9.48. The lowest BCUT2D eigenvalue weighted by Crippen LogP contribution is -2.57. The summed E-state index contributed by atoms with van der Waals surface area (Å²) >= 11 is 0. The number of nitrogens with one attached hydrogen (secondary N) is 2. The molecule has 19 heavy (non-hydrogen) atoms. The van der Waals surface area contributed by atoms with Crippen molar-refractivity contribution in [2.75, 3.05) is 13.1 Å². The van der Waals surface area contributed by atoms with E-state index in [2.05, 4.69) is 17.6 Å². The van der Waals surface area contributed by atoms with Gasteiger partial charge in [0.05, 0.1) is 0 Å². The summed E-state index contributed by atoms with van der Waals surface area (Å²) < 4.78 is 0. The SMILES string of the molecule is CC(NC1CCNCC1)C12CC3CC(CC(C3)C1)C2. The highest BCUT2D eigenvalue weighted by Crippen LogP contribution is 2.61. The Morgan fingerprint density at radius 3 is 2.00 bits per heavy atom. The van der Waals surface area contributed by atoms with E-state index >= 15 is 0 Å². The summed E-state index contributed by atoms with van der Waals surface area (Å²) in [4.78, 5) is 0. The van der Waals surface area contributed by atoms with Gasteiger partial charge in [0.15, 0.2) is 0 Å². The fraction of sp³-hybridized carbons (Fsp3) is 1.00. The third-order valence-electron chi connectivity index (χ3n) is 6.83. The summed E-state index contributed by atoms with van der Waals surface area (Å²) in [5.74, 6) is 3.26. The molecule has 2 heteroatoms. The Morgan fingerprint density at radius 1 is 0.947 bits per heavy atom. The summed E-state index contributed by atoms with van der Waals surface area (Å²) in [5, 5.41) is 7.52. The van der Waals surface area contributed by atoms with E-state index in [9.17, 15) is 0 Å². The molecule has 5 rings (SSSR count). The van der Waals surface area contributed by atoms with Crippen LogP contribution in [0.2, 0.25) is 0 Å². The summed E-state index contributed by atoms with van der Waals surface area (Å²) in [6.45, 7) is 4.94. The van der Waals surface area contributed by atoms with E-state index in [-0.39, 0.29) is 0 Å². The summed E-state index contributed by atoms with van der Waals surface area (Å²) in [7, 11) is 0. The number of piperidine rings is 1. The molecule has 0 aromatic carbocycles. The molecular formula is C17H30N2. The normalized spacial score (nSPS) is 47.5. The topological polar surface area (TPSA) is 24.1 Å². The Labute approximate surface area is 118 Å². The van der Waals surface area contributed by atoms with E-state index in [0.717, 1.165) is 29.8 Å². The second kappa shape index (κ2) is 4.73. The van der Waals surface area contributed by atoms with Gasteiger partial charge in [-0.3, -0.25) is 0 Å². The first-order chi connectivity index (χ1) is 9.23. The van der Waals surface area contributed by atoms with Crippen LogP contribution in [0.25, 0.3) is 0 Å². The molecule has 0 amide bonds. The Balaban J connectivity index is 1.45. The molecule has 4 bridgehead atoms. The van der Waals surface area contributed by atoms with Crippen LogP contribution in [0.5, 0.6) is 0 Å². The second-order valence-electron chi connectivity index (χ2n) is 8.19. The molecule has 2 N–H and O–H groups in total. The molecule has 5 fully saturated rings. The highest BCUT2D eigenvalue weighted by atomic mass is 15.0. The van der Waals surface area contributed by atoms with Crippen molar-refractivity contribution < 1.29 is 0 Å². The maximum Gasteiger partial charge on any atom is 0.00981 e. The highest BCUT2D eigenvalue weighted by Gasteiger charge is 2.53. The predicted molar refractivity (Wildman–Crippen MR) is 79.1 cm³/mol. The summed E-state index contributed by atoms with van der Waals surface area (Å²) in [5.41, 5.74) is 0.680. The molecule has 0 radical (unpaired) electrons. The van der Waals surface area contributed by atoms with Gasteiger partial charge in [-0.15, -0.1) is 0 Å². The van der Waals surface area contributed by atoms with Crippen molar-refractivity contribution in [3.63, 3.8) is 0 Å². The first kappa shape index (κ1) is 12.6. The molecule has 1 heterocycles. The van der Waals surface area contributed by atoms with E-state index in [4.69, 9.17) is 0 Å². The van der Waals surface area contributed by atoms with Crippen LogP contribution in [0.4, 0.5) is 0 Å². The number of hydrogen-bond acceptors (Lipinski definition) is 2. The van der Waals surface area contributed by atoms with Crippen LogP contribution in [-0.4, -0.2) is 25.2 Å². The van der Waals surface area contributed by atoms with E-state index in [1.807, 2.05) is 0 Å². The quantitative estimate of drug-likeness (QED) is 0.817. The van der Waals surface area contributed by atoms with Crippen LogP contribution in [-0.2, 0) is 0 Å². The lowest BCUT2D eigenvalue weighted by molar-refractivity contribution is -0.0726. The maximum atomic E-state index is 4.04. The Morgan fingerprint density at radius 2 is 1.47 bits per heavy atom. The second-order valence-corrected chi connectivity index (χ2v) is 8.19. The molecule has 0 aromatic rings. The van der Waals surface area contributed by atoms with Crippen molar-refractivity contribution in [1.82, 2.24) is 10.6 Å². The molecule has 4 aliphatic carbocycles. The van der Waals surface area contributed by atoms with Gasteiger partial charge in [0, 0.05) is 12.1 Å². The zero-order valence-corrected chi connectivity index (χ0v) is 12.5. The molecule has 2 nitrogen and oxygen atoms in total. The minimum absolute atomic E-state index is 0.680. The largest absolute Gasteiger partial charge is 0.317 e. The smallest absolute Gasteiger partial charge is 0.00981 e. The molecule has 5 aliphatic rings. The van der Waals surface area contributed by atoms with Gasteiger partial charge in [0.1, 0.15) is 0 Å². The highest BCUT2D eigenvalue weighted by molar-refractivity contribution is 5.05. The Bertz CT molecular complexity index is 297. The fourth-order valence-corrected chi connectivity index (χ4v) is 6.23. The van der Waals surface area contributed by atoms with E-state index in [1.54, 1.807) is 38.5 Å². The number of hydrogen-bond donors (Lipinski definition) is 2. The summed E-state index contributed by atoms with van der Waals surface area (Å²) in [6, 6.07) is 1.54. The first-order valence-corrected chi connectivity index (χ1v) is 8.70. The molecule has 1 atom stereocenters. The van der Waals surface area contributed by atoms with Gasteiger partial charge in [-0.05, 0) is 94.5 Å². The van der Waals surface area contributed by atoms with Gasteiger partial charge in [-0.2, -0.15) is 0 Å². The molecule has 0 aromatic heterocycles. The molecule has 1 saturated heterocycles. The molecule has 1 aliphatic heterocycles. The maximum absolute atomic E-state index is 4.04. The predicted octanol–water partition coefficient (Wildman–Crippen LogP) is 2.93. The van der Waals surface area contributed by atoms with Crippen LogP contribution in [0, 0.1) is 23.2 Å². The van der Waals surface area contributed by atoms with Gasteiger partial charge in [-0.1, -0.05) is 0 Å². The van der Waals surface area contributed by atoms with Crippen LogP contribution in [0.1, 0.15) is 58.3 Å². The van der Waals surface area contributed by atoms with E-state index in [1.165, 1.54) is 25.9 Å². The van der Waals surface area contributed by atoms with Crippen molar-refractivity contribution in [3.8, 4) is 0 Å². The average Bonchev–Trinajstić information content (AvgIpc) is 2.38. The molecule has 1 unspecified atom stereocenters. The van der Waals surface area contributed by atoms with Gasteiger partial charge < -0.3 is 10.6 Å². The van der Waals surface area contributed by atoms with Crippen LogP contribution >= 0.6 is 0 Å². The number of rotatable bonds is 3. The zero-order valence-electron chi connectivity index (χ0n) is 12.5. The van der Waals surface area contributed by atoms with Crippen LogP contribution < -0.4 is 10.6 Å². The molecule has 4 saturated carbocycles. The molecule has 0 spiro atoms. The van der Waals surface area contributed by atoms with Crippen molar-refractivity contribution in [2.24, 2.45) is 23.2 Å². The van der Waals surface area contributed by atoms with Gasteiger partial charge in [0.2, 0.25) is 0 Å². The summed E-state index contributed by atoms with van der Waals surface area (Å²) in [6.07, 6.45) is 12.0. The fourth-order valence-electron chi connectivity index (χ4n) is 6.23. The van der Waals surface area contributed by atoms with E-state index in [0.29, 0.717) is 5.41 Å². The van der Waals surface area contributed by atoms with E-state index < -0.39 is 0 Å².